The number of piperazine rings is 1. The van der Waals surface area contributed by atoms with E-state index in [9.17, 15) is 22.4 Å². The number of sulfonamides is 1. The van der Waals surface area contributed by atoms with Crippen LogP contribution in [0.3, 0.4) is 0 Å². The molecule has 2 aromatic rings. The molecule has 0 saturated carbocycles. The zero-order valence-electron chi connectivity index (χ0n) is 16.2. The maximum absolute atomic E-state index is 14.0. The van der Waals surface area contributed by atoms with Crippen LogP contribution in [0.2, 0.25) is 10.0 Å². The van der Waals surface area contributed by atoms with Crippen LogP contribution in [0.4, 0.5) is 10.1 Å². The van der Waals surface area contributed by atoms with Crippen LogP contribution in [0.15, 0.2) is 47.4 Å². The summed E-state index contributed by atoms with van der Waals surface area (Å²) >= 11 is 11.9. The van der Waals surface area contributed by atoms with Gasteiger partial charge in [0.25, 0.3) is 5.91 Å². The molecule has 7 nitrogen and oxygen atoms in total. The number of amides is 2. The Morgan fingerprint density at radius 3 is 2.26 bits per heavy atom. The highest BCUT2D eigenvalue weighted by Gasteiger charge is 2.44. The van der Waals surface area contributed by atoms with Gasteiger partial charge in [-0.1, -0.05) is 35.3 Å². The van der Waals surface area contributed by atoms with Crippen molar-refractivity contribution in [1.29, 1.82) is 0 Å². The molecule has 0 spiro atoms. The number of imide groups is 1. The fourth-order valence-electron chi connectivity index (χ4n) is 3.85. The number of carbonyl (C=O) groups is 2. The minimum absolute atomic E-state index is 0.0147. The van der Waals surface area contributed by atoms with E-state index in [2.05, 4.69) is 0 Å². The number of nitrogens with zero attached hydrogens (tertiary/aromatic N) is 3. The van der Waals surface area contributed by atoms with Crippen molar-refractivity contribution in [3.63, 3.8) is 0 Å². The fourth-order valence-corrected chi connectivity index (χ4v) is 5.62. The Kier molecular flexibility index (Phi) is 6.06. The number of carbonyl (C=O) groups excluding carboxylic acids is 2. The Labute approximate surface area is 189 Å². The molecule has 0 N–H and O–H groups in total. The Bertz CT molecular complexity index is 1150. The van der Waals surface area contributed by atoms with Gasteiger partial charge in [0.1, 0.15) is 10.7 Å². The molecule has 164 valence electrons. The summed E-state index contributed by atoms with van der Waals surface area (Å²) in [6, 6.07) is 9.04. The molecule has 0 aromatic heterocycles. The van der Waals surface area contributed by atoms with Crippen molar-refractivity contribution in [2.75, 3.05) is 31.1 Å². The Hall–Kier alpha value is -2.04. The van der Waals surface area contributed by atoms with Crippen LogP contribution in [0.1, 0.15) is 6.42 Å². The summed E-state index contributed by atoms with van der Waals surface area (Å²) in [6.45, 7) is 0.655. The normalized spacial score (nSPS) is 21.1. The second-order valence-corrected chi connectivity index (χ2v) is 9.98. The summed E-state index contributed by atoms with van der Waals surface area (Å²) in [5, 5.41) is 0.545. The molecule has 0 radical (unpaired) electrons. The highest BCUT2D eigenvalue weighted by Crippen LogP contribution is 2.32. The molecule has 0 unspecified atom stereocenters. The first-order valence-corrected chi connectivity index (χ1v) is 11.7. The molecule has 2 aromatic carbocycles. The third-order valence-corrected chi connectivity index (χ3v) is 8.12. The van der Waals surface area contributed by atoms with Gasteiger partial charge in [0, 0.05) is 26.2 Å². The summed E-state index contributed by atoms with van der Waals surface area (Å²) < 4.78 is 40.7. The lowest BCUT2D eigenvalue weighted by Gasteiger charge is -2.36. The fraction of sp³-hybridized carbons (Fsp3) is 0.300. The van der Waals surface area contributed by atoms with Gasteiger partial charge in [0.05, 0.1) is 28.2 Å². The summed E-state index contributed by atoms with van der Waals surface area (Å²) in [5.74, 6) is -1.57. The van der Waals surface area contributed by atoms with Crippen LogP contribution in [0.25, 0.3) is 0 Å². The SMILES string of the molecule is O=C1C[C@@H](N2CCN(S(=O)(=O)c3ccccc3F)CC2)C(=O)N1c1ccc(Cl)c(Cl)c1. The number of rotatable bonds is 4. The molecular formula is C20H18Cl2FN3O4S. The largest absolute Gasteiger partial charge is 0.289 e. The molecule has 2 aliphatic heterocycles. The quantitative estimate of drug-likeness (QED) is 0.622. The third kappa shape index (κ3) is 4.08. The number of hydrogen-bond donors (Lipinski definition) is 0. The zero-order valence-corrected chi connectivity index (χ0v) is 18.5. The average molecular weight is 486 g/mol. The third-order valence-electron chi connectivity index (χ3n) is 5.45. The Morgan fingerprint density at radius 2 is 1.61 bits per heavy atom. The van der Waals surface area contributed by atoms with Gasteiger partial charge in [-0.25, -0.2) is 17.7 Å². The van der Waals surface area contributed by atoms with Gasteiger partial charge in [0.2, 0.25) is 15.9 Å². The predicted octanol–water partition coefficient (Wildman–Crippen LogP) is 2.77. The summed E-state index contributed by atoms with van der Waals surface area (Å²) in [5.41, 5.74) is 0.340. The van der Waals surface area contributed by atoms with E-state index in [-0.39, 0.29) is 48.4 Å². The number of anilines is 1. The van der Waals surface area contributed by atoms with Gasteiger partial charge in [-0.3, -0.25) is 14.5 Å². The maximum Gasteiger partial charge on any atom is 0.251 e. The lowest BCUT2D eigenvalue weighted by molar-refractivity contribution is -0.123. The summed E-state index contributed by atoms with van der Waals surface area (Å²) in [6.07, 6.45) is -0.0147. The van der Waals surface area contributed by atoms with Gasteiger partial charge in [-0.2, -0.15) is 4.31 Å². The molecule has 2 fully saturated rings. The molecule has 31 heavy (non-hydrogen) atoms. The van der Waals surface area contributed by atoms with E-state index in [1.807, 2.05) is 0 Å². The van der Waals surface area contributed by atoms with Gasteiger partial charge in [-0.15, -0.1) is 0 Å². The first-order chi connectivity index (χ1) is 14.7. The van der Waals surface area contributed by atoms with Gasteiger partial charge >= 0.3 is 0 Å². The van der Waals surface area contributed by atoms with E-state index >= 15 is 0 Å². The average Bonchev–Trinajstić information content (AvgIpc) is 3.04. The molecule has 2 heterocycles. The van der Waals surface area contributed by atoms with Crippen molar-refractivity contribution in [3.05, 3.63) is 58.3 Å². The minimum Gasteiger partial charge on any atom is -0.289 e. The van der Waals surface area contributed by atoms with E-state index in [4.69, 9.17) is 23.2 Å². The van der Waals surface area contributed by atoms with E-state index in [1.54, 1.807) is 11.0 Å². The highest BCUT2D eigenvalue weighted by molar-refractivity contribution is 7.89. The van der Waals surface area contributed by atoms with E-state index < -0.39 is 27.8 Å². The molecule has 2 aliphatic rings. The van der Waals surface area contributed by atoms with Gasteiger partial charge in [0.15, 0.2) is 0 Å². The van der Waals surface area contributed by atoms with Crippen molar-refractivity contribution >= 4 is 50.7 Å². The van der Waals surface area contributed by atoms with Crippen molar-refractivity contribution < 1.29 is 22.4 Å². The topological polar surface area (TPSA) is 78.0 Å². The lowest BCUT2D eigenvalue weighted by Crippen LogP contribution is -2.53. The zero-order chi connectivity index (χ0) is 22.3. The summed E-state index contributed by atoms with van der Waals surface area (Å²) in [4.78, 5) is 28.0. The van der Waals surface area contributed by atoms with Crippen LogP contribution < -0.4 is 4.90 Å². The molecular weight excluding hydrogens is 468 g/mol. The number of halogens is 3. The maximum atomic E-state index is 14.0. The summed E-state index contributed by atoms with van der Waals surface area (Å²) in [7, 11) is -3.98. The standard InChI is InChI=1S/C20H18Cl2FN3O4S/c21-14-6-5-13(11-15(14)22)26-19(27)12-17(20(26)28)24-7-9-25(10-8-24)31(29,30)18-4-2-1-3-16(18)23/h1-6,11,17H,7-10,12H2/t17-/m1/s1. The molecule has 0 aliphatic carbocycles. The number of benzene rings is 2. The number of hydrogen-bond acceptors (Lipinski definition) is 5. The Morgan fingerprint density at radius 1 is 0.935 bits per heavy atom. The molecule has 1 atom stereocenters. The molecule has 0 bridgehead atoms. The van der Waals surface area contributed by atoms with Crippen LogP contribution in [-0.4, -0.2) is 61.7 Å². The molecule has 2 amide bonds. The van der Waals surface area contributed by atoms with Crippen LogP contribution >= 0.6 is 23.2 Å². The van der Waals surface area contributed by atoms with E-state index in [0.717, 1.165) is 11.0 Å². The van der Waals surface area contributed by atoms with E-state index in [1.165, 1.54) is 34.6 Å². The first kappa shape index (κ1) is 22.2. The van der Waals surface area contributed by atoms with Crippen LogP contribution in [0, 0.1) is 5.82 Å². The molecule has 11 heteroatoms. The predicted molar refractivity (Wildman–Crippen MR) is 114 cm³/mol. The monoisotopic (exact) mass is 485 g/mol. The lowest BCUT2D eigenvalue weighted by atomic mass is 10.2. The van der Waals surface area contributed by atoms with Gasteiger partial charge < -0.3 is 0 Å². The highest BCUT2D eigenvalue weighted by atomic mass is 35.5. The molecule has 4 rings (SSSR count). The second-order valence-electron chi connectivity index (χ2n) is 7.26. The Balaban J connectivity index is 1.47. The van der Waals surface area contributed by atoms with Crippen molar-refractivity contribution in [2.45, 2.75) is 17.4 Å². The van der Waals surface area contributed by atoms with Crippen molar-refractivity contribution in [3.8, 4) is 0 Å². The van der Waals surface area contributed by atoms with Crippen LogP contribution in [-0.2, 0) is 19.6 Å². The first-order valence-electron chi connectivity index (χ1n) is 9.51. The van der Waals surface area contributed by atoms with Crippen molar-refractivity contribution in [2.24, 2.45) is 0 Å². The minimum atomic E-state index is -3.98. The van der Waals surface area contributed by atoms with Crippen LogP contribution in [0.5, 0.6) is 0 Å². The van der Waals surface area contributed by atoms with E-state index in [0.29, 0.717) is 10.7 Å². The smallest absolute Gasteiger partial charge is 0.251 e. The second kappa shape index (κ2) is 8.48. The molecule has 2 saturated heterocycles. The van der Waals surface area contributed by atoms with Gasteiger partial charge in [-0.05, 0) is 30.3 Å². The van der Waals surface area contributed by atoms with Crippen molar-refractivity contribution in [1.82, 2.24) is 9.21 Å².